The number of carbonyl (C=O) groups excluding carboxylic acids is 1. The summed E-state index contributed by atoms with van der Waals surface area (Å²) in [6, 6.07) is 19.2. The SMILES string of the molecule is O=C(C1CCN(C2=NS(=O)(=O)c3ccccc32)CC1)N1CCN(c2ccc3ccccc3n2)CC1. The number of piperidine rings is 1. The average Bonchev–Trinajstić information content (AvgIpc) is 3.19. The van der Waals surface area contributed by atoms with E-state index < -0.39 is 10.0 Å². The maximum Gasteiger partial charge on any atom is 0.285 e. The Morgan fingerprint density at radius 1 is 0.800 bits per heavy atom. The zero-order valence-corrected chi connectivity index (χ0v) is 20.2. The molecular formula is C26H27N5O3S. The molecule has 8 nitrogen and oxygen atoms in total. The van der Waals surface area contributed by atoms with Gasteiger partial charge in [-0.15, -0.1) is 4.40 Å². The summed E-state index contributed by atoms with van der Waals surface area (Å²) in [4.78, 5) is 24.5. The summed E-state index contributed by atoms with van der Waals surface area (Å²) >= 11 is 0. The van der Waals surface area contributed by atoms with E-state index in [4.69, 9.17) is 4.98 Å². The van der Waals surface area contributed by atoms with Crippen LogP contribution in [0.5, 0.6) is 0 Å². The Labute approximate surface area is 204 Å². The van der Waals surface area contributed by atoms with Crippen LogP contribution in [0.1, 0.15) is 18.4 Å². The predicted octanol–water partition coefficient (Wildman–Crippen LogP) is 2.74. The van der Waals surface area contributed by atoms with Crippen LogP contribution >= 0.6 is 0 Å². The molecule has 1 amide bonds. The van der Waals surface area contributed by atoms with Crippen LogP contribution < -0.4 is 4.90 Å². The Kier molecular flexibility index (Phi) is 5.44. The van der Waals surface area contributed by atoms with Crippen molar-refractivity contribution in [1.82, 2.24) is 14.8 Å². The number of piperazine rings is 1. The largest absolute Gasteiger partial charge is 0.355 e. The van der Waals surface area contributed by atoms with Crippen LogP contribution in [0.15, 0.2) is 70.0 Å². The Bertz CT molecular complexity index is 1420. The minimum atomic E-state index is -3.63. The first kappa shape index (κ1) is 22.0. The standard InChI is InChI=1S/C26H27N5O3S/c32-26(31-17-15-29(16-18-31)24-10-9-19-5-1-3-7-22(19)27-24)20-11-13-30(14-12-20)25-21-6-2-4-8-23(21)35(33,34)28-25/h1-10,20H,11-18H2. The lowest BCUT2D eigenvalue weighted by Gasteiger charge is -2.39. The highest BCUT2D eigenvalue weighted by molar-refractivity contribution is 7.90. The number of aromatic nitrogens is 1. The number of hydrogen-bond donors (Lipinski definition) is 0. The fourth-order valence-corrected chi connectivity index (χ4v) is 6.53. The molecule has 3 aliphatic heterocycles. The van der Waals surface area contributed by atoms with Crippen molar-refractivity contribution in [2.24, 2.45) is 10.3 Å². The van der Waals surface area contributed by atoms with Gasteiger partial charge in [-0.25, -0.2) is 4.98 Å². The van der Waals surface area contributed by atoms with E-state index in [0.717, 1.165) is 29.8 Å². The van der Waals surface area contributed by atoms with Crippen molar-refractivity contribution in [3.8, 4) is 0 Å². The number of amidine groups is 1. The third-order valence-electron chi connectivity index (χ3n) is 7.26. The van der Waals surface area contributed by atoms with Gasteiger partial charge in [0, 0.05) is 56.1 Å². The molecule has 4 heterocycles. The predicted molar refractivity (Wildman–Crippen MR) is 135 cm³/mol. The van der Waals surface area contributed by atoms with E-state index in [1.54, 1.807) is 18.2 Å². The van der Waals surface area contributed by atoms with E-state index in [9.17, 15) is 13.2 Å². The molecule has 35 heavy (non-hydrogen) atoms. The number of nitrogens with zero attached hydrogens (tertiary/aromatic N) is 5. The molecular weight excluding hydrogens is 462 g/mol. The van der Waals surface area contributed by atoms with E-state index in [1.165, 1.54) is 0 Å². The van der Waals surface area contributed by atoms with Crippen molar-refractivity contribution in [1.29, 1.82) is 0 Å². The Morgan fingerprint density at radius 3 is 2.31 bits per heavy atom. The van der Waals surface area contributed by atoms with Crippen molar-refractivity contribution >= 4 is 38.5 Å². The number of sulfonamides is 1. The number of para-hydroxylation sites is 1. The van der Waals surface area contributed by atoms with Crippen LogP contribution in [0.2, 0.25) is 0 Å². The van der Waals surface area contributed by atoms with E-state index >= 15 is 0 Å². The highest BCUT2D eigenvalue weighted by atomic mass is 32.2. The van der Waals surface area contributed by atoms with Gasteiger partial charge in [-0.05, 0) is 43.2 Å². The summed E-state index contributed by atoms with van der Waals surface area (Å²) in [5, 5.41) is 1.13. The van der Waals surface area contributed by atoms with Crippen molar-refractivity contribution in [2.75, 3.05) is 44.2 Å². The molecule has 0 atom stereocenters. The molecule has 9 heteroatoms. The van der Waals surface area contributed by atoms with Crippen molar-refractivity contribution < 1.29 is 13.2 Å². The molecule has 2 aromatic carbocycles. The minimum Gasteiger partial charge on any atom is -0.355 e. The van der Waals surface area contributed by atoms with Crippen LogP contribution in [-0.4, -0.2) is 74.2 Å². The van der Waals surface area contributed by atoms with E-state index in [0.29, 0.717) is 50.4 Å². The van der Waals surface area contributed by atoms with E-state index in [1.807, 2.05) is 34.1 Å². The summed E-state index contributed by atoms with van der Waals surface area (Å²) < 4.78 is 28.8. The van der Waals surface area contributed by atoms with Gasteiger partial charge in [0.25, 0.3) is 10.0 Å². The molecule has 2 saturated heterocycles. The third kappa shape index (κ3) is 4.03. The maximum atomic E-state index is 13.2. The quantitative estimate of drug-likeness (QED) is 0.550. The summed E-state index contributed by atoms with van der Waals surface area (Å²) in [5.74, 6) is 1.64. The van der Waals surface area contributed by atoms with Crippen molar-refractivity contribution in [3.63, 3.8) is 0 Å². The first-order valence-electron chi connectivity index (χ1n) is 12.1. The van der Waals surface area contributed by atoms with Crippen LogP contribution in [0.4, 0.5) is 5.82 Å². The van der Waals surface area contributed by atoms with Gasteiger partial charge in [0.05, 0.1) is 5.52 Å². The maximum absolute atomic E-state index is 13.2. The van der Waals surface area contributed by atoms with E-state index in [-0.39, 0.29) is 16.7 Å². The zero-order valence-electron chi connectivity index (χ0n) is 19.4. The minimum absolute atomic E-state index is 0.0366. The number of rotatable bonds is 2. The first-order valence-corrected chi connectivity index (χ1v) is 13.5. The van der Waals surface area contributed by atoms with Gasteiger partial charge in [-0.2, -0.15) is 8.42 Å². The fraction of sp³-hybridized carbons (Fsp3) is 0.346. The van der Waals surface area contributed by atoms with Crippen molar-refractivity contribution in [3.05, 3.63) is 66.2 Å². The molecule has 0 spiro atoms. The summed E-state index contributed by atoms with van der Waals surface area (Å²) in [7, 11) is -3.63. The zero-order chi connectivity index (χ0) is 24.0. The summed E-state index contributed by atoms with van der Waals surface area (Å²) in [5.41, 5.74) is 1.65. The van der Waals surface area contributed by atoms with Crippen LogP contribution in [0.25, 0.3) is 10.9 Å². The number of carbonyl (C=O) groups is 1. The Morgan fingerprint density at radius 2 is 1.51 bits per heavy atom. The second-order valence-corrected chi connectivity index (χ2v) is 10.9. The molecule has 0 N–H and O–H groups in total. The summed E-state index contributed by atoms with van der Waals surface area (Å²) in [6.07, 6.45) is 1.40. The number of pyridine rings is 1. The highest BCUT2D eigenvalue weighted by Gasteiger charge is 2.36. The Hall–Kier alpha value is -3.46. The smallest absolute Gasteiger partial charge is 0.285 e. The van der Waals surface area contributed by atoms with Gasteiger partial charge in [0.1, 0.15) is 10.7 Å². The van der Waals surface area contributed by atoms with E-state index in [2.05, 4.69) is 27.5 Å². The Balaban J connectivity index is 1.06. The molecule has 0 unspecified atom stereocenters. The molecule has 0 saturated carbocycles. The molecule has 1 aromatic heterocycles. The van der Waals surface area contributed by atoms with Crippen LogP contribution in [-0.2, 0) is 14.8 Å². The van der Waals surface area contributed by atoms with Gasteiger partial charge >= 0.3 is 0 Å². The lowest BCUT2D eigenvalue weighted by molar-refractivity contribution is -0.137. The average molecular weight is 490 g/mol. The third-order valence-corrected chi connectivity index (χ3v) is 8.58. The number of likely N-dealkylation sites (tertiary alicyclic amines) is 1. The first-order chi connectivity index (χ1) is 17.0. The molecule has 2 fully saturated rings. The summed E-state index contributed by atoms with van der Waals surface area (Å²) in [6.45, 7) is 4.15. The van der Waals surface area contributed by atoms with Gasteiger partial charge < -0.3 is 14.7 Å². The van der Waals surface area contributed by atoms with Crippen molar-refractivity contribution in [2.45, 2.75) is 17.7 Å². The molecule has 3 aliphatic rings. The van der Waals surface area contributed by atoms with Gasteiger partial charge in [-0.3, -0.25) is 4.79 Å². The van der Waals surface area contributed by atoms with Gasteiger partial charge in [-0.1, -0.05) is 30.3 Å². The van der Waals surface area contributed by atoms with Crippen LogP contribution in [0, 0.1) is 5.92 Å². The topological polar surface area (TPSA) is 86.2 Å². The van der Waals surface area contributed by atoms with Gasteiger partial charge in [0.2, 0.25) is 5.91 Å². The van der Waals surface area contributed by atoms with Gasteiger partial charge in [0.15, 0.2) is 5.84 Å². The number of benzene rings is 2. The monoisotopic (exact) mass is 489 g/mol. The second kappa shape index (κ2) is 8.64. The molecule has 0 aliphatic carbocycles. The highest BCUT2D eigenvalue weighted by Crippen LogP contribution is 2.30. The number of amides is 1. The fourth-order valence-electron chi connectivity index (χ4n) is 5.30. The molecule has 3 aromatic rings. The normalized spacial score (nSPS) is 20.1. The number of anilines is 1. The van der Waals surface area contributed by atoms with Crippen LogP contribution in [0.3, 0.4) is 0 Å². The molecule has 180 valence electrons. The second-order valence-electron chi connectivity index (χ2n) is 9.32. The molecule has 0 radical (unpaired) electrons. The number of fused-ring (bicyclic) bond motifs is 2. The lowest BCUT2D eigenvalue weighted by atomic mass is 9.94. The molecule has 6 rings (SSSR count). The molecule has 0 bridgehead atoms. The lowest BCUT2D eigenvalue weighted by Crippen LogP contribution is -2.52. The number of hydrogen-bond acceptors (Lipinski definition) is 6.